The van der Waals surface area contributed by atoms with Gasteiger partial charge in [0.1, 0.15) is 0 Å². The van der Waals surface area contributed by atoms with E-state index in [4.69, 9.17) is 0 Å². The van der Waals surface area contributed by atoms with Crippen LogP contribution in [0.3, 0.4) is 0 Å². The van der Waals surface area contributed by atoms with Gasteiger partial charge in [0.15, 0.2) is 0 Å². The second-order valence-corrected chi connectivity index (χ2v) is 5.16. The molecule has 0 aliphatic rings. The van der Waals surface area contributed by atoms with Gasteiger partial charge in [-0.1, -0.05) is 0 Å². The quantitative estimate of drug-likeness (QED) is 0.894. The zero-order chi connectivity index (χ0) is 14.0. The standard InChI is InChI=1S/C14H23N5/c1-10-8-16-19(9-10)7-6-15-11(2)14-12(3)17-18(5)13(14)4/h8-9,11,15H,6-7H2,1-5H3. The molecule has 2 aromatic heterocycles. The number of nitrogens with one attached hydrogen (secondary N) is 1. The topological polar surface area (TPSA) is 47.7 Å². The van der Waals surface area contributed by atoms with Crippen LogP contribution in [0.4, 0.5) is 0 Å². The molecule has 0 spiro atoms. The first-order chi connectivity index (χ1) is 8.99. The van der Waals surface area contributed by atoms with Crippen molar-refractivity contribution in [2.45, 2.75) is 40.3 Å². The number of rotatable bonds is 5. The lowest BCUT2D eigenvalue weighted by atomic mass is 10.1. The Labute approximate surface area is 114 Å². The lowest BCUT2D eigenvalue weighted by Crippen LogP contribution is -2.24. The molecule has 0 saturated heterocycles. The summed E-state index contributed by atoms with van der Waals surface area (Å²) >= 11 is 0. The Morgan fingerprint density at radius 3 is 2.58 bits per heavy atom. The SMILES string of the molecule is Cc1cnn(CCNC(C)c2c(C)nn(C)c2C)c1. The second kappa shape index (κ2) is 5.57. The maximum Gasteiger partial charge on any atom is 0.0644 e. The molecular weight excluding hydrogens is 238 g/mol. The largest absolute Gasteiger partial charge is 0.308 e. The van der Waals surface area contributed by atoms with Crippen molar-refractivity contribution >= 4 is 0 Å². The summed E-state index contributed by atoms with van der Waals surface area (Å²) in [5, 5.41) is 12.3. The zero-order valence-corrected chi connectivity index (χ0v) is 12.4. The Morgan fingerprint density at radius 1 is 1.32 bits per heavy atom. The van der Waals surface area contributed by atoms with Crippen LogP contribution < -0.4 is 5.32 Å². The van der Waals surface area contributed by atoms with Crippen molar-refractivity contribution in [1.29, 1.82) is 0 Å². The van der Waals surface area contributed by atoms with Crippen LogP contribution in [-0.2, 0) is 13.6 Å². The number of aryl methyl sites for hydroxylation is 3. The van der Waals surface area contributed by atoms with Gasteiger partial charge in [0.2, 0.25) is 0 Å². The molecule has 0 fully saturated rings. The van der Waals surface area contributed by atoms with E-state index in [1.54, 1.807) is 0 Å². The van der Waals surface area contributed by atoms with Crippen LogP contribution in [-0.4, -0.2) is 26.1 Å². The molecule has 0 aliphatic heterocycles. The van der Waals surface area contributed by atoms with Gasteiger partial charge < -0.3 is 5.32 Å². The van der Waals surface area contributed by atoms with Gasteiger partial charge in [-0.15, -0.1) is 0 Å². The Kier molecular flexibility index (Phi) is 4.04. The van der Waals surface area contributed by atoms with Crippen LogP contribution in [0, 0.1) is 20.8 Å². The van der Waals surface area contributed by atoms with E-state index in [0.717, 1.165) is 18.8 Å². The predicted octanol–water partition coefficient (Wildman–Crippen LogP) is 1.89. The van der Waals surface area contributed by atoms with Crippen LogP contribution in [0.1, 0.15) is 35.5 Å². The maximum absolute atomic E-state index is 4.46. The summed E-state index contributed by atoms with van der Waals surface area (Å²) in [6.07, 6.45) is 3.95. The highest BCUT2D eigenvalue weighted by molar-refractivity contribution is 5.27. The normalized spacial score (nSPS) is 12.9. The Balaban J connectivity index is 1.92. The van der Waals surface area contributed by atoms with Crippen molar-refractivity contribution in [3.8, 4) is 0 Å². The van der Waals surface area contributed by atoms with Crippen LogP contribution >= 0.6 is 0 Å². The maximum atomic E-state index is 4.46. The van der Waals surface area contributed by atoms with E-state index in [0.29, 0.717) is 6.04 Å². The van der Waals surface area contributed by atoms with E-state index in [-0.39, 0.29) is 0 Å². The van der Waals surface area contributed by atoms with E-state index >= 15 is 0 Å². The highest BCUT2D eigenvalue weighted by Gasteiger charge is 2.15. The van der Waals surface area contributed by atoms with Crippen molar-refractivity contribution in [1.82, 2.24) is 24.9 Å². The molecule has 1 unspecified atom stereocenters. The first kappa shape index (κ1) is 13.8. The summed E-state index contributed by atoms with van der Waals surface area (Å²) < 4.78 is 3.91. The molecule has 5 nitrogen and oxygen atoms in total. The summed E-state index contributed by atoms with van der Waals surface area (Å²) in [5.41, 5.74) is 4.84. The fourth-order valence-electron chi connectivity index (χ4n) is 2.50. The third-order valence-electron chi connectivity index (χ3n) is 3.55. The highest BCUT2D eigenvalue weighted by atomic mass is 15.3. The number of aromatic nitrogens is 4. The first-order valence-corrected chi connectivity index (χ1v) is 6.71. The fourth-order valence-corrected chi connectivity index (χ4v) is 2.50. The van der Waals surface area contributed by atoms with E-state index < -0.39 is 0 Å². The molecule has 0 aromatic carbocycles. The van der Waals surface area contributed by atoms with Gasteiger partial charge in [-0.3, -0.25) is 9.36 Å². The average Bonchev–Trinajstić information content (AvgIpc) is 2.84. The minimum absolute atomic E-state index is 0.311. The number of nitrogens with zero attached hydrogens (tertiary/aromatic N) is 4. The summed E-state index contributed by atoms with van der Waals surface area (Å²) in [6, 6.07) is 0.311. The molecule has 104 valence electrons. The van der Waals surface area contributed by atoms with Gasteiger partial charge in [0.05, 0.1) is 18.4 Å². The van der Waals surface area contributed by atoms with Gasteiger partial charge in [0.25, 0.3) is 0 Å². The van der Waals surface area contributed by atoms with Gasteiger partial charge in [-0.05, 0) is 33.3 Å². The number of hydrogen-bond donors (Lipinski definition) is 1. The first-order valence-electron chi connectivity index (χ1n) is 6.71. The number of hydrogen-bond acceptors (Lipinski definition) is 3. The molecule has 0 bridgehead atoms. The van der Waals surface area contributed by atoms with Gasteiger partial charge in [0, 0.05) is 37.1 Å². The van der Waals surface area contributed by atoms with Gasteiger partial charge in [-0.25, -0.2) is 0 Å². The lowest BCUT2D eigenvalue weighted by molar-refractivity contribution is 0.504. The molecule has 2 rings (SSSR count). The predicted molar refractivity (Wildman–Crippen MR) is 76.1 cm³/mol. The summed E-state index contributed by atoms with van der Waals surface area (Å²) in [5.74, 6) is 0. The molecule has 19 heavy (non-hydrogen) atoms. The molecule has 2 heterocycles. The van der Waals surface area contributed by atoms with Crippen molar-refractivity contribution < 1.29 is 0 Å². The Bertz CT molecular complexity index is 552. The van der Waals surface area contributed by atoms with E-state index in [9.17, 15) is 0 Å². The van der Waals surface area contributed by atoms with Crippen molar-refractivity contribution in [3.63, 3.8) is 0 Å². The molecular formula is C14H23N5. The third kappa shape index (κ3) is 3.04. The minimum Gasteiger partial charge on any atom is -0.308 e. The van der Waals surface area contributed by atoms with Crippen LogP contribution in [0.2, 0.25) is 0 Å². The molecule has 0 aliphatic carbocycles. The molecule has 0 radical (unpaired) electrons. The average molecular weight is 261 g/mol. The Morgan fingerprint density at radius 2 is 2.05 bits per heavy atom. The molecule has 1 N–H and O–H groups in total. The molecule has 0 amide bonds. The summed E-state index contributed by atoms with van der Waals surface area (Å²) in [4.78, 5) is 0. The van der Waals surface area contributed by atoms with E-state index in [1.165, 1.54) is 16.8 Å². The summed E-state index contributed by atoms with van der Waals surface area (Å²) in [7, 11) is 1.99. The molecule has 0 saturated carbocycles. The highest BCUT2D eigenvalue weighted by Crippen LogP contribution is 2.20. The third-order valence-corrected chi connectivity index (χ3v) is 3.55. The second-order valence-electron chi connectivity index (χ2n) is 5.16. The minimum atomic E-state index is 0.311. The van der Waals surface area contributed by atoms with Crippen LogP contribution in [0.5, 0.6) is 0 Å². The van der Waals surface area contributed by atoms with Crippen molar-refractivity contribution in [2.24, 2.45) is 7.05 Å². The van der Waals surface area contributed by atoms with Crippen molar-refractivity contribution in [2.75, 3.05) is 6.54 Å². The van der Waals surface area contributed by atoms with Crippen LogP contribution in [0.25, 0.3) is 0 Å². The van der Waals surface area contributed by atoms with Gasteiger partial charge >= 0.3 is 0 Å². The lowest BCUT2D eigenvalue weighted by Gasteiger charge is -2.14. The smallest absolute Gasteiger partial charge is 0.0644 e. The Hall–Kier alpha value is -1.62. The summed E-state index contributed by atoms with van der Waals surface area (Å²) in [6.45, 7) is 10.2. The van der Waals surface area contributed by atoms with E-state index in [2.05, 4.69) is 49.4 Å². The zero-order valence-electron chi connectivity index (χ0n) is 12.4. The molecule has 5 heteroatoms. The fraction of sp³-hybridized carbons (Fsp3) is 0.571. The van der Waals surface area contributed by atoms with Crippen LogP contribution in [0.15, 0.2) is 12.4 Å². The molecule has 2 aromatic rings. The monoisotopic (exact) mass is 261 g/mol. The van der Waals surface area contributed by atoms with E-state index in [1.807, 2.05) is 22.6 Å². The van der Waals surface area contributed by atoms with Crippen molar-refractivity contribution in [3.05, 3.63) is 34.9 Å². The molecule has 1 atom stereocenters. The van der Waals surface area contributed by atoms with Gasteiger partial charge in [-0.2, -0.15) is 10.2 Å².